The molecule has 0 unspecified atom stereocenters. The molecular formula is C7H14O. The summed E-state index contributed by atoms with van der Waals surface area (Å²) in [6.45, 7) is 7.97. The van der Waals surface area contributed by atoms with Crippen molar-refractivity contribution in [2.45, 2.75) is 33.8 Å². The van der Waals surface area contributed by atoms with Gasteiger partial charge in [-0.2, -0.15) is 0 Å². The van der Waals surface area contributed by atoms with E-state index in [4.69, 9.17) is 4.74 Å². The van der Waals surface area contributed by atoms with Gasteiger partial charge in [-0.3, -0.25) is 0 Å². The summed E-state index contributed by atoms with van der Waals surface area (Å²) in [6, 6.07) is 0. The van der Waals surface area contributed by atoms with Gasteiger partial charge in [-0.05, 0) is 33.8 Å². The van der Waals surface area contributed by atoms with Crippen LogP contribution in [-0.2, 0) is 4.74 Å². The lowest BCUT2D eigenvalue weighted by molar-refractivity contribution is 0.149. The Kier molecular flexibility index (Phi) is 3.33. The molecule has 48 valence electrons. The molecule has 0 aliphatic rings. The van der Waals surface area contributed by atoms with Crippen molar-refractivity contribution in [1.29, 1.82) is 0 Å². The van der Waals surface area contributed by atoms with Crippen LogP contribution in [0.5, 0.6) is 0 Å². The molecule has 0 aromatic heterocycles. The highest BCUT2D eigenvalue weighted by molar-refractivity contribution is 4.84. The zero-order valence-electron chi connectivity index (χ0n) is 6.06. The van der Waals surface area contributed by atoms with Crippen molar-refractivity contribution in [3.8, 4) is 0 Å². The van der Waals surface area contributed by atoms with Crippen LogP contribution < -0.4 is 0 Å². The molecule has 0 saturated carbocycles. The molecule has 8 heavy (non-hydrogen) atoms. The molecular weight excluding hydrogens is 100 g/mol. The van der Waals surface area contributed by atoms with Gasteiger partial charge < -0.3 is 4.74 Å². The highest BCUT2D eigenvalue weighted by Gasteiger charge is 1.90. The fraction of sp³-hybridized carbons (Fsp3) is 0.714. The minimum absolute atomic E-state index is 0.311. The van der Waals surface area contributed by atoms with Gasteiger partial charge >= 0.3 is 0 Å². The van der Waals surface area contributed by atoms with Gasteiger partial charge in [0.25, 0.3) is 0 Å². The molecule has 0 radical (unpaired) electrons. The van der Waals surface area contributed by atoms with E-state index in [0.717, 1.165) is 5.76 Å². The van der Waals surface area contributed by atoms with Crippen molar-refractivity contribution in [2.24, 2.45) is 0 Å². The monoisotopic (exact) mass is 114 g/mol. The van der Waals surface area contributed by atoms with Crippen LogP contribution in [0.25, 0.3) is 0 Å². The lowest BCUT2D eigenvalue weighted by atomic mass is 10.4. The molecule has 0 N–H and O–H groups in total. The van der Waals surface area contributed by atoms with E-state index in [1.165, 1.54) is 0 Å². The van der Waals surface area contributed by atoms with Gasteiger partial charge in [-0.15, -0.1) is 0 Å². The van der Waals surface area contributed by atoms with Crippen molar-refractivity contribution in [3.63, 3.8) is 0 Å². The normalized spacial score (nSPS) is 12.4. The van der Waals surface area contributed by atoms with Crippen LogP contribution in [0.1, 0.15) is 27.7 Å². The number of hydrogen-bond acceptors (Lipinski definition) is 1. The van der Waals surface area contributed by atoms with E-state index in [1.54, 1.807) is 0 Å². The predicted molar refractivity (Wildman–Crippen MR) is 35.7 cm³/mol. The maximum absolute atomic E-state index is 5.26. The van der Waals surface area contributed by atoms with Crippen LogP contribution in [0.15, 0.2) is 11.8 Å². The van der Waals surface area contributed by atoms with Crippen LogP contribution in [0.2, 0.25) is 0 Å². The third-order valence-corrected chi connectivity index (χ3v) is 0.828. The third-order valence-electron chi connectivity index (χ3n) is 0.828. The first kappa shape index (κ1) is 7.54. The lowest BCUT2D eigenvalue weighted by Crippen LogP contribution is -1.98. The molecule has 1 heteroatoms. The van der Waals surface area contributed by atoms with E-state index >= 15 is 0 Å². The molecule has 0 aromatic carbocycles. The summed E-state index contributed by atoms with van der Waals surface area (Å²) >= 11 is 0. The Bertz CT molecular complexity index is 82.4. The second kappa shape index (κ2) is 3.53. The van der Waals surface area contributed by atoms with E-state index in [2.05, 4.69) is 0 Å². The first-order valence-corrected chi connectivity index (χ1v) is 2.96. The summed E-state index contributed by atoms with van der Waals surface area (Å²) in [4.78, 5) is 0. The van der Waals surface area contributed by atoms with Crippen molar-refractivity contribution in [2.75, 3.05) is 0 Å². The first-order valence-electron chi connectivity index (χ1n) is 2.96. The van der Waals surface area contributed by atoms with Gasteiger partial charge in [0.15, 0.2) is 0 Å². The van der Waals surface area contributed by atoms with E-state index < -0.39 is 0 Å². The Hall–Kier alpha value is -0.460. The minimum atomic E-state index is 0.311. The molecule has 0 atom stereocenters. The summed E-state index contributed by atoms with van der Waals surface area (Å²) in [6.07, 6.45) is 2.27. The molecule has 1 nitrogen and oxygen atoms in total. The van der Waals surface area contributed by atoms with Crippen molar-refractivity contribution in [3.05, 3.63) is 11.8 Å². The maximum Gasteiger partial charge on any atom is 0.0926 e. The topological polar surface area (TPSA) is 9.23 Å². The quantitative estimate of drug-likeness (QED) is 0.501. The highest BCUT2D eigenvalue weighted by Crippen LogP contribution is 1.98. The highest BCUT2D eigenvalue weighted by atomic mass is 16.5. The standard InChI is InChI=1S/C7H14O/c1-5-7(4)8-6(2)3/h5-6H,1-4H3/b7-5-. The largest absolute Gasteiger partial charge is 0.496 e. The fourth-order valence-electron chi connectivity index (χ4n) is 0.440. The van der Waals surface area contributed by atoms with Gasteiger partial charge in [0, 0.05) is 0 Å². The Morgan fingerprint density at radius 2 is 2.00 bits per heavy atom. The Morgan fingerprint density at radius 1 is 1.50 bits per heavy atom. The summed E-state index contributed by atoms with van der Waals surface area (Å²) in [5.41, 5.74) is 0. The average Bonchev–Trinajstić information content (AvgIpc) is 1.65. The number of allylic oxidation sites excluding steroid dienone is 2. The summed E-state index contributed by atoms with van der Waals surface area (Å²) in [7, 11) is 0. The molecule has 0 saturated heterocycles. The van der Waals surface area contributed by atoms with Crippen LogP contribution >= 0.6 is 0 Å². The predicted octanol–water partition coefficient (Wildman–Crippen LogP) is 2.34. The second-order valence-corrected chi connectivity index (χ2v) is 2.07. The summed E-state index contributed by atoms with van der Waals surface area (Å²) in [5.74, 6) is 1.00. The SMILES string of the molecule is C/C=C(/C)OC(C)C. The Morgan fingerprint density at radius 3 is 2.12 bits per heavy atom. The molecule has 0 aliphatic carbocycles. The maximum atomic E-state index is 5.26. The molecule has 0 fully saturated rings. The van der Waals surface area contributed by atoms with E-state index in [0.29, 0.717) is 6.10 Å². The lowest BCUT2D eigenvalue weighted by Gasteiger charge is -2.07. The van der Waals surface area contributed by atoms with Crippen molar-refractivity contribution >= 4 is 0 Å². The van der Waals surface area contributed by atoms with E-state index in [9.17, 15) is 0 Å². The van der Waals surface area contributed by atoms with E-state index in [-0.39, 0.29) is 0 Å². The fourth-order valence-corrected chi connectivity index (χ4v) is 0.440. The molecule has 0 heterocycles. The third kappa shape index (κ3) is 3.72. The molecule has 0 amide bonds. The van der Waals surface area contributed by atoms with Crippen LogP contribution in [0, 0.1) is 0 Å². The molecule has 0 aliphatic heterocycles. The molecule has 0 bridgehead atoms. The zero-order chi connectivity index (χ0) is 6.57. The summed E-state index contributed by atoms with van der Waals surface area (Å²) in [5, 5.41) is 0. The van der Waals surface area contributed by atoms with Gasteiger partial charge in [0.1, 0.15) is 0 Å². The van der Waals surface area contributed by atoms with Crippen molar-refractivity contribution < 1.29 is 4.74 Å². The minimum Gasteiger partial charge on any atom is -0.496 e. The van der Waals surface area contributed by atoms with Gasteiger partial charge in [0.2, 0.25) is 0 Å². The van der Waals surface area contributed by atoms with E-state index in [1.807, 2.05) is 33.8 Å². The van der Waals surface area contributed by atoms with Gasteiger partial charge in [0.05, 0.1) is 11.9 Å². The zero-order valence-corrected chi connectivity index (χ0v) is 6.06. The van der Waals surface area contributed by atoms with Crippen LogP contribution in [0.3, 0.4) is 0 Å². The van der Waals surface area contributed by atoms with Gasteiger partial charge in [-0.25, -0.2) is 0 Å². The van der Waals surface area contributed by atoms with Crippen LogP contribution in [0.4, 0.5) is 0 Å². The number of rotatable bonds is 2. The van der Waals surface area contributed by atoms with Gasteiger partial charge in [-0.1, -0.05) is 0 Å². The van der Waals surface area contributed by atoms with Crippen molar-refractivity contribution in [1.82, 2.24) is 0 Å². The summed E-state index contributed by atoms with van der Waals surface area (Å²) < 4.78 is 5.26. The average molecular weight is 114 g/mol. The van der Waals surface area contributed by atoms with Crippen LogP contribution in [-0.4, -0.2) is 6.10 Å². The second-order valence-electron chi connectivity index (χ2n) is 2.07. The Balaban J connectivity index is 3.39. The molecule has 0 rings (SSSR count). The smallest absolute Gasteiger partial charge is 0.0926 e. The number of hydrogen-bond donors (Lipinski definition) is 0. The number of ether oxygens (including phenoxy) is 1. The molecule has 0 spiro atoms. The Labute approximate surface area is 51.4 Å². The molecule has 0 aromatic rings. The first-order chi connectivity index (χ1) is 3.66.